The average molecular weight is 294 g/mol. The molecule has 0 radical (unpaired) electrons. The number of benzene rings is 1. The van der Waals surface area contributed by atoms with Crippen molar-refractivity contribution in [3.05, 3.63) is 35.1 Å². The molecule has 4 nitrogen and oxygen atoms in total. The van der Waals surface area contributed by atoms with E-state index in [9.17, 15) is 9.18 Å². The Morgan fingerprint density at radius 1 is 1.48 bits per heavy atom. The van der Waals surface area contributed by atoms with Crippen molar-refractivity contribution in [2.24, 2.45) is 5.73 Å². The molecule has 5 heteroatoms. The lowest BCUT2D eigenvalue weighted by Crippen LogP contribution is -2.40. The van der Waals surface area contributed by atoms with Crippen LogP contribution in [0.15, 0.2) is 18.2 Å². The highest BCUT2D eigenvalue weighted by Crippen LogP contribution is 2.23. The van der Waals surface area contributed by atoms with Gasteiger partial charge < -0.3 is 10.5 Å². The second-order valence-electron chi connectivity index (χ2n) is 5.53. The lowest BCUT2D eigenvalue weighted by Gasteiger charge is -2.35. The summed E-state index contributed by atoms with van der Waals surface area (Å²) in [6.45, 7) is 1.87. The predicted octanol–water partition coefficient (Wildman–Crippen LogP) is 2.20. The standard InChI is InChI=1S/C16H23FN2O2/c1-21-16(20)9-14-4-2-3-7-19(14)11-12-5-6-15(17)13(8-12)10-18/h5-6,8,14H,2-4,7,9-11,18H2,1H3. The minimum Gasteiger partial charge on any atom is -0.469 e. The maximum Gasteiger partial charge on any atom is 0.307 e. The van der Waals surface area contributed by atoms with Crippen molar-refractivity contribution in [3.8, 4) is 0 Å². The maximum atomic E-state index is 13.5. The van der Waals surface area contributed by atoms with Gasteiger partial charge >= 0.3 is 5.97 Å². The van der Waals surface area contributed by atoms with Gasteiger partial charge in [0.05, 0.1) is 13.5 Å². The van der Waals surface area contributed by atoms with Crippen LogP contribution in [0.3, 0.4) is 0 Å². The fourth-order valence-electron chi connectivity index (χ4n) is 2.89. The van der Waals surface area contributed by atoms with Crippen LogP contribution >= 0.6 is 0 Å². The minimum absolute atomic E-state index is 0.173. The predicted molar refractivity (Wildman–Crippen MR) is 79.0 cm³/mol. The number of nitrogens with two attached hydrogens (primary N) is 1. The van der Waals surface area contributed by atoms with Crippen LogP contribution in [-0.2, 0) is 22.6 Å². The van der Waals surface area contributed by atoms with E-state index in [-0.39, 0.29) is 24.4 Å². The molecule has 0 aliphatic carbocycles. The molecule has 0 saturated carbocycles. The van der Waals surface area contributed by atoms with Gasteiger partial charge in [-0.1, -0.05) is 18.6 Å². The summed E-state index contributed by atoms with van der Waals surface area (Å²) in [5.41, 5.74) is 7.12. The van der Waals surface area contributed by atoms with E-state index < -0.39 is 0 Å². The first-order valence-electron chi connectivity index (χ1n) is 7.42. The van der Waals surface area contributed by atoms with Crippen LogP contribution in [-0.4, -0.2) is 30.6 Å². The molecule has 0 bridgehead atoms. The van der Waals surface area contributed by atoms with Gasteiger partial charge in [0, 0.05) is 24.7 Å². The lowest BCUT2D eigenvalue weighted by atomic mass is 9.98. The van der Waals surface area contributed by atoms with Crippen molar-refractivity contribution in [1.29, 1.82) is 0 Å². The largest absolute Gasteiger partial charge is 0.469 e. The summed E-state index contributed by atoms with van der Waals surface area (Å²) in [6, 6.07) is 5.28. The van der Waals surface area contributed by atoms with Crippen molar-refractivity contribution in [1.82, 2.24) is 4.90 Å². The number of carbonyl (C=O) groups excluding carboxylic acids is 1. The molecule has 1 aliphatic rings. The first kappa shape index (κ1) is 15.9. The average Bonchev–Trinajstić information content (AvgIpc) is 2.51. The number of rotatable bonds is 5. The smallest absolute Gasteiger partial charge is 0.307 e. The summed E-state index contributed by atoms with van der Waals surface area (Å²) < 4.78 is 18.3. The second kappa shape index (κ2) is 7.52. The van der Waals surface area contributed by atoms with E-state index in [1.807, 2.05) is 6.07 Å². The number of halogens is 1. The highest BCUT2D eigenvalue weighted by molar-refractivity contribution is 5.69. The number of nitrogens with zero attached hydrogens (tertiary/aromatic N) is 1. The third kappa shape index (κ3) is 4.25. The maximum absolute atomic E-state index is 13.5. The fraction of sp³-hybridized carbons (Fsp3) is 0.562. The molecule has 1 atom stereocenters. The highest BCUT2D eigenvalue weighted by atomic mass is 19.1. The van der Waals surface area contributed by atoms with E-state index in [4.69, 9.17) is 10.5 Å². The zero-order chi connectivity index (χ0) is 15.2. The molecule has 1 saturated heterocycles. The van der Waals surface area contributed by atoms with Gasteiger partial charge in [0.2, 0.25) is 0 Å². The molecule has 0 aromatic heterocycles. The Kier molecular flexibility index (Phi) is 5.70. The Bertz CT molecular complexity index is 493. The molecule has 116 valence electrons. The minimum atomic E-state index is -0.258. The Balaban J connectivity index is 2.06. The van der Waals surface area contributed by atoms with E-state index in [1.165, 1.54) is 13.2 Å². The van der Waals surface area contributed by atoms with E-state index in [0.717, 1.165) is 37.9 Å². The quantitative estimate of drug-likeness (QED) is 0.846. The number of esters is 1. The molecule has 2 N–H and O–H groups in total. The summed E-state index contributed by atoms with van der Waals surface area (Å²) in [5.74, 6) is -0.431. The van der Waals surface area contributed by atoms with Gasteiger partial charge in [-0.3, -0.25) is 9.69 Å². The number of methoxy groups -OCH3 is 1. The van der Waals surface area contributed by atoms with Crippen molar-refractivity contribution >= 4 is 5.97 Å². The number of hydrogen-bond acceptors (Lipinski definition) is 4. The molecule has 1 aromatic carbocycles. The Morgan fingerprint density at radius 3 is 3.00 bits per heavy atom. The van der Waals surface area contributed by atoms with Crippen molar-refractivity contribution < 1.29 is 13.9 Å². The number of hydrogen-bond donors (Lipinski definition) is 1. The summed E-state index contributed by atoms with van der Waals surface area (Å²) in [6.07, 6.45) is 3.68. The molecule has 1 aromatic rings. The third-order valence-electron chi connectivity index (χ3n) is 4.09. The fourth-order valence-corrected chi connectivity index (χ4v) is 2.89. The zero-order valence-electron chi connectivity index (χ0n) is 12.5. The number of carbonyl (C=O) groups is 1. The summed E-state index contributed by atoms with van der Waals surface area (Å²) in [5, 5.41) is 0. The van der Waals surface area contributed by atoms with Crippen LogP contribution in [0.4, 0.5) is 4.39 Å². The first-order chi connectivity index (χ1) is 10.1. The van der Waals surface area contributed by atoms with Gasteiger partial charge in [-0.25, -0.2) is 4.39 Å². The molecule has 1 unspecified atom stereocenters. The second-order valence-corrected chi connectivity index (χ2v) is 5.53. The van der Waals surface area contributed by atoms with E-state index in [1.54, 1.807) is 6.07 Å². The van der Waals surface area contributed by atoms with E-state index in [0.29, 0.717) is 12.0 Å². The van der Waals surface area contributed by atoms with Crippen LogP contribution in [0.5, 0.6) is 0 Å². The zero-order valence-corrected chi connectivity index (χ0v) is 12.5. The van der Waals surface area contributed by atoms with Gasteiger partial charge in [0.1, 0.15) is 5.82 Å². The molecule has 0 spiro atoms. The van der Waals surface area contributed by atoms with Gasteiger partial charge in [0.15, 0.2) is 0 Å². The van der Waals surface area contributed by atoms with Crippen LogP contribution < -0.4 is 5.73 Å². The number of piperidine rings is 1. The first-order valence-corrected chi connectivity index (χ1v) is 7.42. The normalized spacial score (nSPS) is 19.5. The Morgan fingerprint density at radius 2 is 2.29 bits per heavy atom. The van der Waals surface area contributed by atoms with Crippen LogP contribution in [0, 0.1) is 5.82 Å². The van der Waals surface area contributed by atoms with Crippen LogP contribution in [0.25, 0.3) is 0 Å². The number of likely N-dealkylation sites (tertiary alicyclic amines) is 1. The molecular weight excluding hydrogens is 271 g/mol. The number of ether oxygens (including phenoxy) is 1. The summed E-state index contributed by atoms with van der Waals surface area (Å²) in [7, 11) is 1.42. The topological polar surface area (TPSA) is 55.6 Å². The lowest BCUT2D eigenvalue weighted by molar-refractivity contribution is -0.142. The molecule has 1 heterocycles. The van der Waals surface area contributed by atoms with Gasteiger partial charge in [-0.05, 0) is 31.0 Å². The highest BCUT2D eigenvalue weighted by Gasteiger charge is 2.25. The van der Waals surface area contributed by atoms with Crippen molar-refractivity contribution in [2.75, 3.05) is 13.7 Å². The molecule has 21 heavy (non-hydrogen) atoms. The SMILES string of the molecule is COC(=O)CC1CCCCN1Cc1ccc(F)c(CN)c1. The Labute approximate surface area is 125 Å². The molecule has 0 amide bonds. The molecule has 2 rings (SSSR count). The van der Waals surface area contributed by atoms with Crippen LogP contribution in [0.2, 0.25) is 0 Å². The molecule has 1 aliphatic heterocycles. The van der Waals surface area contributed by atoms with E-state index in [2.05, 4.69) is 4.90 Å². The van der Waals surface area contributed by atoms with Crippen molar-refractivity contribution in [2.45, 2.75) is 44.8 Å². The molecule has 1 fully saturated rings. The van der Waals surface area contributed by atoms with Crippen molar-refractivity contribution in [3.63, 3.8) is 0 Å². The monoisotopic (exact) mass is 294 g/mol. The third-order valence-corrected chi connectivity index (χ3v) is 4.09. The summed E-state index contributed by atoms with van der Waals surface area (Å²) >= 11 is 0. The van der Waals surface area contributed by atoms with E-state index >= 15 is 0 Å². The van der Waals surface area contributed by atoms with Crippen LogP contribution in [0.1, 0.15) is 36.8 Å². The van der Waals surface area contributed by atoms with Gasteiger partial charge in [0.25, 0.3) is 0 Å². The Hall–Kier alpha value is -1.46. The van der Waals surface area contributed by atoms with Gasteiger partial charge in [-0.15, -0.1) is 0 Å². The van der Waals surface area contributed by atoms with Gasteiger partial charge in [-0.2, -0.15) is 0 Å². The molecular formula is C16H23FN2O2. The summed E-state index contributed by atoms with van der Waals surface area (Å²) in [4.78, 5) is 13.8.